The first kappa shape index (κ1) is 8.93. The van der Waals surface area contributed by atoms with Crippen molar-refractivity contribution in [2.75, 3.05) is 19.5 Å². The normalized spacial score (nSPS) is 27.6. The second-order valence-corrected chi connectivity index (χ2v) is 4.76. The molecule has 0 saturated carbocycles. The van der Waals surface area contributed by atoms with Crippen molar-refractivity contribution in [3.63, 3.8) is 0 Å². The van der Waals surface area contributed by atoms with E-state index in [1.807, 2.05) is 0 Å². The maximum absolute atomic E-state index is 12.2. The lowest BCUT2D eigenvalue weighted by Gasteiger charge is -2.18. The number of hydrogen-bond donors (Lipinski definition) is 0. The van der Waals surface area contributed by atoms with Crippen LogP contribution >= 0.6 is 0 Å². The topological polar surface area (TPSA) is 37.4 Å². The van der Waals surface area contributed by atoms with Gasteiger partial charge in [0.25, 0.3) is 0 Å². The van der Waals surface area contributed by atoms with Gasteiger partial charge < -0.3 is 0 Å². The molecule has 1 saturated heterocycles. The zero-order chi connectivity index (χ0) is 8.48. The summed E-state index contributed by atoms with van der Waals surface area (Å²) in [6.45, 7) is -0.0828. The van der Waals surface area contributed by atoms with E-state index < -0.39 is 22.7 Å². The summed E-state index contributed by atoms with van der Waals surface area (Å²) < 4.78 is 35.3. The van der Waals surface area contributed by atoms with Gasteiger partial charge in [-0.3, -0.25) is 0 Å². The number of nitrogens with zero attached hydrogens (tertiary/aromatic N) is 1. The molecule has 0 aliphatic carbocycles. The van der Waals surface area contributed by atoms with E-state index in [2.05, 4.69) is 0 Å². The van der Waals surface area contributed by atoms with Gasteiger partial charge in [-0.25, -0.2) is 12.8 Å². The molecule has 0 radical (unpaired) electrons. The van der Waals surface area contributed by atoms with Crippen LogP contribution < -0.4 is 0 Å². The average molecular weight is 181 g/mol. The molecule has 1 aliphatic heterocycles. The van der Waals surface area contributed by atoms with Gasteiger partial charge in [0.1, 0.15) is 6.67 Å². The van der Waals surface area contributed by atoms with Gasteiger partial charge in [0.05, 0.1) is 12.3 Å². The van der Waals surface area contributed by atoms with Gasteiger partial charge in [-0.15, -0.1) is 0 Å². The van der Waals surface area contributed by atoms with Crippen LogP contribution in [0, 0.1) is 0 Å². The zero-order valence-corrected chi connectivity index (χ0v) is 7.27. The van der Waals surface area contributed by atoms with Crippen LogP contribution in [0.3, 0.4) is 0 Å². The molecule has 1 atom stereocenters. The predicted molar refractivity (Wildman–Crippen MR) is 40.5 cm³/mol. The number of alkyl halides is 1. The van der Waals surface area contributed by atoms with E-state index in [0.717, 1.165) is 12.7 Å². The molecule has 0 amide bonds. The molecule has 11 heavy (non-hydrogen) atoms. The van der Waals surface area contributed by atoms with Gasteiger partial charge in [0.2, 0.25) is 10.0 Å². The lowest BCUT2D eigenvalue weighted by Crippen LogP contribution is -2.35. The Labute approximate surface area is 66.2 Å². The Bertz CT molecular complexity index is 227. The van der Waals surface area contributed by atoms with Crippen molar-refractivity contribution in [3.8, 4) is 0 Å². The molecule has 1 heterocycles. The Morgan fingerprint density at radius 2 is 2.27 bits per heavy atom. The maximum atomic E-state index is 12.2. The van der Waals surface area contributed by atoms with Crippen LogP contribution in [0.25, 0.3) is 0 Å². The van der Waals surface area contributed by atoms with Crippen molar-refractivity contribution in [2.45, 2.75) is 18.9 Å². The van der Waals surface area contributed by atoms with E-state index in [1.54, 1.807) is 0 Å². The van der Waals surface area contributed by atoms with E-state index in [-0.39, 0.29) is 0 Å². The van der Waals surface area contributed by atoms with E-state index >= 15 is 0 Å². The monoisotopic (exact) mass is 181 g/mol. The van der Waals surface area contributed by atoms with Gasteiger partial charge in [-0.2, -0.15) is 4.31 Å². The quantitative estimate of drug-likeness (QED) is 0.617. The van der Waals surface area contributed by atoms with Crippen LogP contribution in [0.2, 0.25) is 0 Å². The van der Waals surface area contributed by atoms with E-state index in [4.69, 9.17) is 0 Å². The minimum absolute atomic E-state index is 0.398. The fourth-order valence-electron chi connectivity index (χ4n) is 1.40. The van der Waals surface area contributed by atoms with Gasteiger partial charge in [0, 0.05) is 6.54 Å². The Morgan fingerprint density at radius 1 is 1.64 bits per heavy atom. The average Bonchev–Trinajstić information content (AvgIpc) is 2.31. The van der Waals surface area contributed by atoms with Gasteiger partial charge in [0.15, 0.2) is 0 Å². The van der Waals surface area contributed by atoms with Gasteiger partial charge in [-0.05, 0) is 12.8 Å². The first-order chi connectivity index (χ1) is 5.05. The molecule has 0 aromatic heterocycles. The highest BCUT2D eigenvalue weighted by Crippen LogP contribution is 2.20. The number of rotatable bonds is 2. The van der Waals surface area contributed by atoms with Crippen molar-refractivity contribution < 1.29 is 12.8 Å². The fraction of sp³-hybridized carbons (Fsp3) is 1.00. The molecule has 3 nitrogen and oxygen atoms in total. The Hall–Kier alpha value is -0.160. The Kier molecular flexibility index (Phi) is 2.49. The highest BCUT2D eigenvalue weighted by atomic mass is 32.2. The summed E-state index contributed by atoms with van der Waals surface area (Å²) in [5, 5.41) is 0. The molecule has 1 unspecified atom stereocenters. The Balaban J connectivity index is 2.72. The van der Waals surface area contributed by atoms with Crippen LogP contribution in [-0.2, 0) is 10.0 Å². The molecule has 0 spiro atoms. The highest BCUT2D eigenvalue weighted by Gasteiger charge is 2.30. The summed E-state index contributed by atoms with van der Waals surface area (Å²) in [6.07, 6.45) is 2.56. The molecule has 0 bridgehead atoms. The van der Waals surface area contributed by atoms with Gasteiger partial charge >= 0.3 is 0 Å². The van der Waals surface area contributed by atoms with E-state index in [0.29, 0.717) is 13.0 Å². The molecule has 0 N–H and O–H groups in total. The molecule has 66 valence electrons. The second kappa shape index (κ2) is 3.06. The molecule has 5 heteroatoms. The van der Waals surface area contributed by atoms with Crippen molar-refractivity contribution in [1.82, 2.24) is 4.31 Å². The summed E-state index contributed by atoms with van der Waals surface area (Å²) in [4.78, 5) is 0. The summed E-state index contributed by atoms with van der Waals surface area (Å²) in [7, 11) is -3.17. The lowest BCUT2D eigenvalue weighted by molar-refractivity contribution is 0.313. The number of hydrogen-bond acceptors (Lipinski definition) is 2. The van der Waals surface area contributed by atoms with Crippen molar-refractivity contribution in [1.29, 1.82) is 0 Å². The second-order valence-electron chi connectivity index (χ2n) is 2.82. The SMILES string of the molecule is CS(=O)(=O)N1CCCC1CF. The molecule has 0 aromatic rings. The zero-order valence-electron chi connectivity index (χ0n) is 6.46. The van der Waals surface area contributed by atoms with E-state index in [1.165, 1.54) is 4.31 Å². The molecule has 1 fully saturated rings. The number of halogens is 1. The van der Waals surface area contributed by atoms with Crippen LogP contribution in [0.4, 0.5) is 4.39 Å². The summed E-state index contributed by atoms with van der Waals surface area (Å²) in [6, 6.07) is -0.398. The van der Waals surface area contributed by atoms with Crippen LogP contribution in [0.1, 0.15) is 12.8 Å². The van der Waals surface area contributed by atoms with Crippen LogP contribution in [0.5, 0.6) is 0 Å². The number of sulfonamides is 1. The Morgan fingerprint density at radius 3 is 2.64 bits per heavy atom. The third-order valence-electron chi connectivity index (χ3n) is 1.93. The largest absolute Gasteiger partial charge is 0.249 e. The first-order valence-electron chi connectivity index (χ1n) is 3.58. The maximum Gasteiger partial charge on any atom is 0.211 e. The lowest BCUT2D eigenvalue weighted by atomic mass is 10.2. The minimum Gasteiger partial charge on any atom is -0.249 e. The van der Waals surface area contributed by atoms with Gasteiger partial charge in [-0.1, -0.05) is 0 Å². The van der Waals surface area contributed by atoms with E-state index in [9.17, 15) is 12.8 Å². The van der Waals surface area contributed by atoms with Crippen molar-refractivity contribution in [3.05, 3.63) is 0 Å². The molecular formula is C6H12FNO2S. The summed E-state index contributed by atoms with van der Waals surface area (Å²) in [5.74, 6) is 0. The molecule has 1 aliphatic rings. The fourth-order valence-corrected chi connectivity index (χ4v) is 2.56. The van der Waals surface area contributed by atoms with Crippen LogP contribution in [-0.4, -0.2) is 38.2 Å². The molecule has 0 aromatic carbocycles. The minimum atomic E-state index is -3.17. The standard InChI is InChI=1S/C6H12FNO2S/c1-11(9,10)8-4-2-3-6(8)5-7/h6H,2-5H2,1H3. The highest BCUT2D eigenvalue weighted by molar-refractivity contribution is 7.88. The third-order valence-corrected chi connectivity index (χ3v) is 3.26. The molecular weight excluding hydrogens is 169 g/mol. The molecule has 1 rings (SSSR count). The smallest absolute Gasteiger partial charge is 0.211 e. The summed E-state index contributed by atoms with van der Waals surface area (Å²) in [5.41, 5.74) is 0. The van der Waals surface area contributed by atoms with Crippen molar-refractivity contribution >= 4 is 10.0 Å². The predicted octanol–water partition coefficient (Wildman–Crippen LogP) is 0.380. The summed E-state index contributed by atoms with van der Waals surface area (Å²) >= 11 is 0. The third kappa shape index (κ3) is 1.90. The van der Waals surface area contributed by atoms with Crippen LogP contribution in [0.15, 0.2) is 0 Å². The van der Waals surface area contributed by atoms with Crippen molar-refractivity contribution in [2.24, 2.45) is 0 Å². The first-order valence-corrected chi connectivity index (χ1v) is 5.43.